The van der Waals surface area contributed by atoms with Crippen LogP contribution >= 0.6 is 11.6 Å². The Labute approximate surface area is 164 Å². The molecule has 0 amide bonds. The highest BCUT2D eigenvalue weighted by Gasteiger charge is 2.24. The van der Waals surface area contributed by atoms with Gasteiger partial charge < -0.3 is 9.52 Å². The van der Waals surface area contributed by atoms with Crippen LogP contribution in [0.5, 0.6) is 5.75 Å². The molecule has 2 aromatic heterocycles. The van der Waals surface area contributed by atoms with E-state index in [9.17, 15) is 14.7 Å². The van der Waals surface area contributed by atoms with Gasteiger partial charge in [0.05, 0.1) is 11.4 Å². The summed E-state index contributed by atoms with van der Waals surface area (Å²) < 4.78 is 6.92. The van der Waals surface area contributed by atoms with Gasteiger partial charge in [0.25, 0.3) is 5.56 Å². The molecule has 0 aliphatic carbocycles. The van der Waals surface area contributed by atoms with E-state index >= 15 is 0 Å². The summed E-state index contributed by atoms with van der Waals surface area (Å²) in [4.78, 5) is 25.3. The fourth-order valence-corrected chi connectivity index (χ4v) is 3.13. The molecule has 140 valence electrons. The minimum absolute atomic E-state index is 0.0597. The largest absolute Gasteiger partial charge is 0.502 e. The second-order valence-corrected chi connectivity index (χ2v) is 6.68. The highest BCUT2D eigenvalue weighted by molar-refractivity contribution is 6.30. The van der Waals surface area contributed by atoms with Crippen LogP contribution in [-0.4, -0.2) is 14.9 Å². The number of aromatic nitrogens is 2. The van der Waals surface area contributed by atoms with Crippen LogP contribution in [0.15, 0.2) is 74.7 Å². The SMILES string of the molecule is Cc1cc(=O)c(O)c(-c2c(-c3ccc(Cl)cc3)[nH]n(-c3ccccc3)c2=O)o1. The molecule has 28 heavy (non-hydrogen) atoms. The molecule has 0 fully saturated rings. The van der Waals surface area contributed by atoms with Crippen LogP contribution in [-0.2, 0) is 0 Å². The van der Waals surface area contributed by atoms with Crippen LogP contribution in [0.2, 0.25) is 5.02 Å². The van der Waals surface area contributed by atoms with Crippen LogP contribution in [0.25, 0.3) is 28.3 Å². The molecule has 4 rings (SSSR count). The monoisotopic (exact) mass is 394 g/mol. The van der Waals surface area contributed by atoms with E-state index in [0.29, 0.717) is 22.0 Å². The third-order valence-corrected chi connectivity index (χ3v) is 4.56. The quantitative estimate of drug-likeness (QED) is 0.547. The van der Waals surface area contributed by atoms with Gasteiger partial charge in [0, 0.05) is 16.7 Å². The maximum Gasteiger partial charge on any atom is 0.283 e. The van der Waals surface area contributed by atoms with Gasteiger partial charge in [0.1, 0.15) is 11.3 Å². The molecule has 2 heterocycles. The van der Waals surface area contributed by atoms with Crippen molar-refractivity contribution in [1.82, 2.24) is 9.78 Å². The zero-order chi connectivity index (χ0) is 19.8. The lowest BCUT2D eigenvalue weighted by Gasteiger charge is -2.05. The van der Waals surface area contributed by atoms with E-state index in [0.717, 1.165) is 0 Å². The number of rotatable bonds is 3. The number of hydrogen-bond acceptors (Lipinski definition) is 4. The summed E-state index contributed by atoms with van der Waals surface area (Å²) in [7, 11) is 0. The summed E-state index contributed by atoms with van der Waals surface area (Å²) in [5, 5.41) is 13.9. The number of para-hydroxylation sites is 1. The predicted octanol–water partition coefficient (Wildman–Crippen LogP) is 4.12. The first-order valence-corrected chi connectivity index (χ1v) is 8.84. The van der Waals surface area contributed by atoms with Gasteiger partial charge in [-0.15, -0.1) is 0 Å². The van der Waals surface area contributed by atoms with Gasteiger partial charge in [-0.05, 0) is 31.2 Å². The molecule has 0 saturated heterocycles. The number of aromatic amines is 1. The highest BCUT2D eigenvalue weighted by Crippen LogP contribution is 2.33. The lowest BCUT2D eigenvalue weighted by Crippen LogP contribution is -2.16. The Morgan fingerprint density at radius 2 is 1.71 bits per heavy atom. The van der Waals surface area contributed by atoms with Gasteiger partial charge in [0.15, 0.2) is 5.76 Å². The molecule has 7 heteroatoms. The Balaban J connectivity index is 2.07. The van der Waals surface area contributed by atoms with Crippen molar-refractivity contribution in [2.24, 2.45) is 0 Å². The molecule has 4 aromatic rings. The van der Waals surface area contributed by atoms with Gasteiger partial charge in [-0.2, -0.15) is 0 Å². The first-order valence-electron chi connectivity index (χ1n) is 8.46. The molecule has 0 atom stereocenters. The minimum Gasteiger partial charge on any atom is -0.502 e. The van der Waals surface area contributed by atoms with Crippen molar-refractivity contribution in [1.29, 1.82) is 0 Å². The van der Waals surface area contributed by atoms with E-state index in [2.05, 4.69) is 5.10 Å². The van der Waals surface area contributed by atoms with Crippen molar-refractivity contribution in [3.63, 3.8) is 0 Å². The molecule has 0 spiro atoms. The highest BCUT2D eigenvalue weighted by atomic mass is 35.5. The standard InChI is InChI=1S/C21H15ClN2O4/c1-12-11-16(25)19(26)20(28-12)17-18(13-7-9-14(22)10-8-13)23-24(21(17)27)15-5-3-2-4-6-15/h2-11,23,26H,1H3. The van der Waals surface area contributed by atoms with Crippen molar-refractivity contribution in [2.45, 2.75) is 6.92 Å². The maximum atomic E-state index is 13.2. The molecule has 0 radical (unpaired) electrons. The van der Waals surface area contributed by atoms with E-state index in [1.165, 1.54) is 10.7 Å². The Bertz CT molecular complexity index is 1270. The Kier molecular flexibility index (Phi) is 4.41. The second-order valence-electron chi connectivity index (χ2n) is 6.24. The fraction of sp³-hybridized carbons (Fsp3) is 0.0476. The van der Waals surface area contributed by atoms with E-state index in [4.69, 9.17) is 16.0 Å². The normalized spacial score (nSPS) is 10.9. The number of aryl methyl sites for hydroxylation is 1. The van der Waals surface area contributed by atoms with E-state index < -0.39 is 16.7 Å². The van der Waals surface area contributed by atoms with Gasteiger partial charge in [0.2, 0.25) is 11.2 Å². The fourth-order valence-electron chi connectivity index (χ4n) is 3.01. The van der Waals surface area contributed by atoms with Crippen LogP contribution in [0, 0.1) is 6.92 Å². The van der Waals surface area contributed by atoms with Gasteiger partial charge in [-0.25, -0.2) is 4.68 Å². The third-order valence-electron chi connectivity index (χ3n) is 4.31. The molecular formula is C21H15ClN2O4. The van der Waals surface area contributed by atoms with E-state index in [1.54, 1.807) is 55.5 Å². The molecule has 0 saturated carbocycles. The number of halogens is 1. The summed E-state index contributed by atoms with van der Waals surface area (Å²) in [6.45, 7) is 1.58. The number of nitrogens with one attached hydrogen (secondary N) is 1. The van der Waals surface area contributed by atoms with Crippen molar-refractivity contribution in [3.8, 4) is 34.0 Å². The Morgan fingerprint density at radius 3 is 2.39 bits per heavy atom. The van der Waals surface area contributed by atoms with E-state index in [-0.39, 0.29) is 17.1 Å². The Morgan fingerprint density at radius 1 is 1.04 bits per heavy atom. The zero-order valence-corrected chi connectivity index (χ0v) is 15.5. The molecule has 0 unspecified atom stereocenters. The van der Waals surface area contributed by atoms with Crippen LogP contribution in [0.4, 0.5) is 0 Å². The maximum absolute atomic E-state index is 13.2. The lowest BCUT2D eigenvalue weighted by molar-refractivity contribution is 0.430. The average molecular weight is 395 g/mol. The van der Waals surface area contributed by atoms with Gasteiger partial charge >= 0.3 is 0 Å². The lowest BCUT2D eigenvalue weighted by atomic mass is 10.1. The topological polar surface area (TPSA) is 88.2 Å². The first-order chi connectivity index (χ1) is 13.5. The average Bonchev–Trinajstić information content (AvgIpc) is 3.03. The minimum atomic E-state index is -0.618. The van der Waals surface area contributed by atoms with Crippen molar-refractivity contribution < 1.29 is 9.52 Å². The molecule has 0 aliphatic rings. The third kappa shape index (κ3) is 3.04. The predicted molar refractivity (Wildman–Crippen MR) is 107 cm³/mol. The van der Waals surface area contributed by atoms with E-state index in [1.807, 2.05) is 6.07 Å². The van der Waals surface area contributed by atoms with Crippen molar-refractivity contribution in [3.05, 3.63) is 92.0 Å². The molecule has 0 aliphatic heterocycles. The second kappa shape index (κ2) is 6.90. The number of aromatic hydroxyl groups is 1. The summed E-state index contributed by atoms with van der Waals surface area (Å²) in [5.74, 6) is -0.505. The molecule has 0 bridgehead atoms. The number of hydrogen-bond donors (Lipinski definition) is 2. The molecule has 2 aromatic carbocycles. The van der Waals surface area contributed by atoms with Crippen molar-refractivity contribution in [2.75, 3.05) is 0 Å². The number of benzene rings is 2. The molecule has 6 nitrogen and oxygen atoms in total. The summed E-state index contributed by atoms with van der Waals surface area (Å²) in [6.07, 6.45) is 0. The van der Waals surface area contributed by atoms with Gasteiger partial charge in [-0.1, -0.05) is 41.9 Å². The summed E-state index contributed by atoms with van der Waals surface area (Å²) >= 11 is 5.98. The molecular weight excluding hydrogens is 380 g/mol. The zero-order valence-electron chi connectivity index (χ0n) is 14.8. The number of nitrogens with zero attached hydrogens (tertiary/aromatic N) is 1. The van der Waals surface area contributed by atoms with Crippen LogP contribution in [0.1, 0.15) is 5.76 Å². The smallest absolute Gasteiger partial charge is 0.283 e. The molecule has 2 N–H and O–H groups in total. The van der Waals surface area contributed by atoms with Crippen LogP contribution < -0.4 is 11.0 Å². The van der Waals surface area contributed by atoms with Crippen LogP contribution in [0.3, 0.4) is 0 Å². The number of H-pyrrole nitrogens is 1. The first kappa shape index (κ1) is 17.9. The van der Waals surface area contributed by atoms with Crippen molar-refractivity contribution >= 4 is 11.6 Å². The van der Waals surface area contributed by atoms with Gasteiger partial charge in [-0.3, -0.25) is 14.7 Å². The summed E-state index contributed by atoms with van der Waals surface area (Å²) in [5.41, 5.74) is 0.630. The summed E-state index contributed by atoms with van der Waals surface area (Å²) in [6, 6.07) is 17.0. The Hall–Kier alpha value is -3.51.